The number of fused-ring (bicyclic) bond motifs is 1. The van der Waals surface area contributed by atoms with Gasteiger partial charge in [0.2, 0.25) is 11.8 Å². The number of aryl methyl sites for hydroxylation is 2. The van der Waals surface area contributed by atoms with E-state index in [9.17, 15) is 4.79 Å². The van der Waals surface area contributed by atoms with Crippen molar-refractivity contribution in [1.29, 1.82) is 0 Å². The first-order chi connectivity index (χ1) is 13.9. The van der Waals surface area contributed by atoms with Crippen molar-refractivity contribution in [2.75, 3.05) is 19.6 Å². The van der Waals surface area contributed by atoms with E-state index in [0.29, 0.717) is 23.8 Å². The Balaban J connectivity index is 1.31. The zero-order valence-corrected chi connectivity index (χ0v) is 17.4. The van der Waals surface area contributed by atoms with Crippen LogP contribution in [0.4, 0.5) is 0 Å². The first kappa shape index (κ1) is 18.8. The Bertz CT molecular complexity index is 939. The molecule has 29 heavy (non-hydrogen) atoms. The van der Waals surface area contributed by atoms with Crippen LogP contribution in [0.5, 0.6) is 0 Å². The molecule has 2 bridgehead atoms. The molecule has 5 rings (SSSR count). The quantitative estimate of drug-likeness (QED) is 0.843. The van der Waals surface area contributed by atoms with E-state index in [1.54, 1.807) is 6.92 Å². The molecule has 0 saturated carbocycles. The molecule has 2 aromatic rings. The van der Waals surface area contributed by atoms with Gasteiger partial charge in [0, 0.05) is 50.5 Å². The van der Waals surface area contributed by atoms with Crippen molar-refractivity contribution in [2.45, 2.75) is 51.9 Å². The van der Waals surface area contributed by atoms with Crippen LogP contribution in [0.15, 0.2) is 28.7 Å². The highest BCUT2D eigenvalue weighted by molar-refractivity contribution is 5.72. The summed E-state index contributed by atoms with van der Waals surface area (Å²) in [6.45, 7) is 9.10. The van der Waals surface area contributed by atoms with Gasteiger partial charge in [0.25, 0.3) is 0 Å². The van der Waals surface area contributed by atoms with Crippen molar-refractivity contribution in [3.8, 4) is 11.5 Å². The number of nitrogens with one attached hydrogen (secondary N) is 1. The second-order valence-corrected chi connectivity index (χ2v) is 9.03. The van der Waals surface area contributed by atoms with Crippen molar-refractivity contribution < 1.29 is 13.9 Å². The van der Waals surface area contributed by atoms with Crippen LogP contribution in [-0.2, 0) is 16.1 Å². The molecule has 1 N–H and O–H groups in total. The maximum absolute atomic E-state index is 11.4. The number of carbonyl (C=O) groups excluding carboxylic acids is 1. The maximum Gasteiger partial charge on any atom is 0.226 e. The van der Waals surface area contributed by atoms with Gasteiger partial charge in [0.05, 0.1) is 17.4 Å². The number of carbonyl (C=O) groups is 1. The number of nitrogens with zero attached hydrogens (tertiary/aromatic N) is 2. The molecule has 154 valence electrons. The van der Waals surface area contributed by atoms with E-state index in [1.807, 2.05) is 19.1 Å². The van der Waals surface area contributed by atoms with Crippen molar-refractivity contribution in [3.63, 3.8) is 0 Å². The van der Waals surface area contributed by atoms with E-state index in [2.05, 4.69) is 29.3 Å². The number of amides is 1. The minimum atomic E-state index is -0.0369. The van der Waals surface area contributed by atoms with Crippen LogP contribution in [0, 0.1) is 25.7 Å². The van der Waals surface area contributed by atoms with E-state index in [1.165, 1.54) is 5.56 Å². The van der Waals surface area contributed by atoms with Crippen LogP contribution >= 0.6 is 0 Å². The molecule has 1 aromatic heterocycles. The third kappa shape index (κ3) is 3.28. The van der Waals surface area contributed by atoms with Gasteiger partial charge in [-0.3, -0.25) is 9.69 Å². The summed E-state index contributed by atoms with van der Waals surface area (Å²) >= 11 is 0. The van der Waals surface area contributed by atoms with Crippen molar-refractivity contribution in [3.05, 3.63) is 41.3 Å². The molecule has 6 heteroatoms. The van der Waals surface area contributed by atoms with Crippen LogP contribution in [0.2, 0.25) is 0 Å². The monoisotopic (exact) mass is 395 g/mol. The average molecular weight is 396 g/mol. The third-order valence-corrected chi connectivity index (χ3v) is 6.97. The predicted molar refractivity (Wildman–Crippen MR) is 109 cm³/mol. The highest BCUT2D eigenvalue weighted by atomic mass is 16.5. The molecule has 3 aliphatic rings. The van der Waals surface area contributed by atoms with E-state index >= 15 is 0 Å². The number of benzene rings is 1. The zero-order valence-electron chi connectivity index (χ0n) is 17.4. The Morgan fingerprint density at radius 2 is 2.24 bits per heavy atom. The van der Waals surface area contributed by atoms with Gasteiger partial charge in [-0.25, -0.2) is 4.98 Å². The molecule has 1 aromatic carbocycles. The Hall–Kier alpha value is -2.18. The Morgan fingerprint density at radius 3 is 3.03 bits per heavy atom. The van der Waals surface area contributed by atoms with Crippen LogP contribution in [0.3, 0.4) is 0 Å². The molecule has 1 amide bonds. The number of hydrogen-bond acceptors (Lipinski definition) is 5. The zero-order chi connectivity index (χ0) is 20.2. The number of likely N-dealkylation sites (tertiary alicyclic amines) is 1. The molecule has 4 atom stereocenters. The number of rotatable bonds is 5. The van der Waals surface area contributed by atoms with Gasteiger partial charge in [-0.2, -0.15) is 0 Å². The maximum atomic E-state index is 11.4. The van der Waals surface area contributed by atoms with Gasteiger partial charge < -0.3 is 14.5 Å². The molecule has 0 radical (unpaired) electrons. The lowest BCUT2D eigenvalue weighted by molar-refractivity contribution is -0.119. The van der Waals surface area contributed by atoms with Crippen LogP contribution in [0.25, 0.3) is 11.5 Å². The smallest absolute Gasteiger partial charge is 0.226 e. The standard InChI is InChI=1S/C23H29N3O3/c1-14-5-4-6-17(9-14)22-25-20(15(2)28-22)12-26-11-19-18(10-24-16(3)27)21-7-8-23(19,13-26)29-21/h4-6,9,18-19,21H,7-8,10-13H2,1-3H3,(H,24,27)/t18-,19+,21+,23+/m0/s1. The highest BCUT2D eigenvalue weighted by Gasteiger charge is 2.62. The summed E-state index contributed by atoms with van der Waals surface area (Å²) in [4.78, 5) is 18.7. The van der Waals surface area contributed by atoms with E-state index in [-0.39, 0.29) is 11.5 Å². The highest BCUT2D eigenvalue weighted by Crippen LogP contribution is 2.54. The van der Waals surface area contributed by atoms with Crippen LogP contribution in [-0.4, -0.2) is 47.1 Å². The lowest BCUT2D eigenvalue weighted by atomic mass is 9.73. The van der Waals surface area contributed by atoms with E-state index in [4.69, 9.17) is 14.1 Å². The van der Waals surface area contributed by atoms with Crippen molar-refractivity contribution in [2.24, 2.45) is 11.8 Å². The molecule has 1 spiro atoms. The summed E-state index contributed by atoms with van der Waals surface area (Å²) < 4.78 is 12.5. The lowest BCUT2D eigenvalue weighted by Crippen LogP contribution is -2.41. The van der Waals surface area contributed by atoms with Gasteiger partial charge in [0.1, 0.15) is 5.76 Å². The van der Waals surface area contributed by atoms with Crippen LogP contribution < -0.4 is 5.32 Å². The average Bonchev–Trinajstić information content (AvgIpc) is 3.40. The Labute approximate surface area is 171 Å². The minimum absolute atomic E-state index is 0.0369. The van der Waals surface area contributed by atoms with Crippen LogP contribution in [0.1, 0.15) is 36.8 Å². The molecule has 6 nitrogen and oxygen atoms in total. The second kappa shape index (κ2) is 6.96. The first-order valence-electron chi connectivity index (χ1n) is 10.6. The Kier molecular flexibility index (Phi) is 4.51. The number of oxazole rings is 1. The molecule has 0 aliphatic carbocycles. The molecular formula is C23H29N3O3. The van der Waals surface area contributed by atoms with Gasteiger partial charge >= 0.3 is 0 Å². The van der Waals surface area contributed by atoms with Gasteiger partial charge in [0.15, 0.2) is 0 Å². The predicted octanol–water partition coefficient (Wildman–Crippen LogP) is 3.07. The summed E-state index contributed by atoms with van der Waals surface area (Å²) in [7, 11) is 0. The third-order valence-electron chi connectivity index (χ3n) is 6.97. The number of aromatic nitrogens is 1. The minimum Gasteiger partial charge on any atom is -0.441 e. The Morgan fingerprint density at radius 1 is 1.38 bits per heavy atom. The first-order valence-corrected chi connectivity index (χ1v) is 10.6. The van der Waals surface area contributed by atoms with Crippen molar-refractivity contribution in [1.82, 2.24) is 15.2 Å². The second-order valence-electron chi connectivity index (χ2n) is 9.03. The summed E-state index contributed by atoms with van der Waals surface area (Å²) in [6.07, 6.45) is 2.53. The normalized spacial score (nSPS) is 30.7. The SMILES string of the molecule is CC(=O)NC[C@H]1[C@H]2CN(Cc3nc(-c4cccc(C)c4)oc3C)C[C@]23CC[C@H]1O3. The summed E-state index contributed by atoms with van der Waals surface area (Å²) in [6, 6.07) is 8.26. The largest absolute Gasteiger partial charge is 0.441 e. The number of hydrogen-bond donors (Lipinski definition) is 1. The van der Waals surface area contributed by atoms with E-state index in [0.717, 1.165) is 56.0 Å². The molecule has 4 heterocycles. The van der Waals surface area contributed by atoms with Gasteiger partial charge in [-0.1, -0.05) is 17.7 Å². The number of ether oxygens (including phenoxy) is 1. The molecular weight excluding hydrogens is 366 g/mol. The molecule has 3 fully saturated rings. The summed E-state index contributed by atoms with van der Waals surface area (Å²) in [5.74, 6) is 2.52. The summed E-state index contributed by atoms with van der Waals surface area (Å²) in [5, 5.41) is 3.02. The molecule has 3 saturated heterocycles. The fourth-order valence-corrected chi connectivity index (χ4v) is 5.63. The molecule has 0 unspecified atom stereocenters. The molecule has 3 aliphatic heterocycles. The van der Waals surface area contributed by atoms with E-state index < -0.39 is 0 Å². The summed E-state index contributed by atoms with van der Waals surface area (Å²) in [5.41, 5.74) is 3.19. The van der Waals surface area contributed by atoms with Crippen molar-refractivity contribution >= 4 is 5.91 Å². The van der Waals surface area contributed by atoms with Gasteiger partial charge in [-0.05, 0) is 38.8 Å². The lowest BCUT2D eigenvalue weighted by Gasteiger charge is -2.29. The van der Waals surface area contributed by atoms with Gasteiger partial charge in [-0.15, -0.1) is 0 Å². The fourth-order valence-electron chi connectivity index (χ4n) is 5.63. The topological polar surface area (TPSA) is 67.6 Å². The fraction of sp³-hybridized carbons (Fsp3) is 0.565.